The SMILES string of the molecule is CCCCCCCCCCCCOS(=O)(=O)c1ccccc1.CCCCCCCCCCCCc1ccccc1.[Ca].[Ca]. The maximum Gasteiger partial charge on any atom is 0.296 e. The molecule has 2 rings (SSSR count). The van der Waals surface area contributed by atoms with Crippen molar-refractivity contribution in [3.8, 4) is 0 Å². The van der Waals surface area contributed by atoms with Crippen LogP contribution in [0.5, 0.6) is 0 Å². The molecule has 0 atom stereocenters. The Morgan fingerprint density at radius 1 is 0.476 bits per heavy atom. The van der Waals surface area contributed by atoms with E-state index >= 15 is 0 Å². The van der Waals surface area contributed by atoms with Crippen LogP contribution in [0.2, 0.25) is 0 Å². The van der Waals surface area contributed by atoms with Crippen LogP contribution < -0.4 is 0 Å². The minimum absolute atomic E-state index is 0. The van der Waals surface area contributed by atoms with Crippen molar-refractivity contribution in [1.82, 2.24) is 0 Å². The molecule has 0 heterocycles. The molecule has 42 heavy (non-hydrogen) atoms. The van der Waals surface area contributed by atoms with Gasteiger partial charge in [0, 0.05) is 75.5 Å². The molecule has 6 heteroatoms. The van der Waals surface area contributed by atoms with Gasteiger partial charge < -0.3 is 0 Å². The van der Waals surface area contributed by atoms with Crippen LogP contribution in [0.25, 0.3) is 0 Å². The van der Waals surface area contributed by atoms with Crippen molar-refractivity contribution in [3.05, 3.63) is 66.2 Å². The Kier molecular flexibility index (Phi) is 35.6. The minimum Gasteiger partial charge on any atom is -0.266 e. The van der Waals surface area contributed by atoms with E-state index in [9.17, 15) is 8.42 Å². The van der Waals surface area contributed by atoms with E-state index in [0.717, 1.165) is 12.8 Å². The maximum atomic E-state index is 11.9. The van der Waals surface area contributed by atoms with Crippen molar-refractivity contribution in [2.45, 2.75) is 154 Å². The zero-order chi connectivity index (χ0) is 29.0. The predicted molar refractivity (Wildman–Crippen MR) is 185 cm³/mol. The largest absolute Gasteiger partial charge is 0.296 e. The van der Waals surface area contributed by atoms with E-state index in [2.05, 4.69) is 44.2 Å². The molecule has 0 N–H and O–H groups in total. The first kappa shape index (κ1) is 45.0. The molecule has 0 fully saturated rings. The molecule has 0 unspecified atom stereocenters. The Morgan fingerprint density at radius 3 is 1.26 bits per heavy atom. The second-order valence-corrected chi connectivity index (χ2v) is 12.8. The van der Waals surface area contributed by atoms with Gasteiger partial charge in [0.2, 0.25) is 0 Å². The van der Waals surface area contributed by atoms with E-state index in [-0.39, 0.29) is 87.0 Å². The summed E-state index contributed by atoms with van der Waals surface area (Å²) in [6, 6.07) is 19.2. The average Bonchev–Trinajstić information content (AvgIpc) is 2.98. The van der Waals surface area contributed by atoms with Gasteiger partial charge in [-0.1, -0.05) is 178 Å². The van der Waals surface area contributed by atoms with Gasteiger partial charge in [-0.3, -0.25) is 4.18 Å². The summed E-state index contributed by atoms with van der Waals surface area (Å²) in [7, 11) is -3.57. The molecule has 0 aromatic heterocycles. The molecular weight excluding hydrogens is 593 g/mol. The molecular formula is C36H60Ca2O3S. The number of hydrogen-bond acceptors (Lipinski definition) is 3. The van der Waals surface area contributed by atoms with E-state index in [1.54, 1.807) is 30.3 Å². The van der Waals surface area contributed by atoms with Crippen molar-refractivity contribution < 1.29 is 12.6 Å². The van der Waals surface area contributed by atoms with Gasteiger partial charge >= 0.3 is 0 Å². The molecule has 2 aromatic rings. The summed E-state index contributed by atoms with van der Waals surface area (Å²) in [4.78, 5) is 0.238. The molecule has 2 aromatic carbocycles. The number of hydrogen-bond donors (Lipinski definition) is 0. The first-order valence-electron chi connectivity index (χ1n) is 16.6. The normalized spacial score (nSPS) is 10.7. The first-order valence-corrected chi connectivity index (χ1v) is 18.0. The van der Waals surface area contributed by atoms with Crippen molar-refractivity contribution in [1.29, 1.82) is 0 Å². The smallest absolute Gasteiger partial charge is 0.266 e. The fraction of sp³-hybridized carbons (Fsp3) is 0.667. The van der Waals surface area contributed by atoms with Gasteiger partial charge in [-0.15, -0.1) is 0 Å². The molecule has 3 nitrogen and oxygen atoms in total. The van der Waals surface area contributed by atoms with E-state index in [4.69, 9.17) is 4.18 Å². The van der Waals surface area contributed by atoms with Crippen molar-refractivity contribution in [2.75, 3.05) is 6.61 Å². The topological polar surface area (TPSA) is 43.4 Å². The number of benzene rings is 2. The molecule has 0 saturated carbocycles. The Bertz CT molecular complexity index is 892. The van der Waals surface area contributed by atoms with E-state index in [0.29, 0.717) is 0 Å². The zero-order valence-electron chi connectivity index (χ0n) is 27.4. The molecule has 0 aliphatic rings. The maximum absolute atomic E-state index is 11.9. The van der Waals surface area contributed by atoms with E-state index in [1.165, 1.54) is 128 Å². The number of rotatable bonds is 24. The monoisotopic (exact) mass is 652 g/mol. The van der Waals surface area contributed by atoms with Crippen LogP contribution in [0.1, 0.15) is 148 Å². The van der Waals surface area contributed by atoms with Crippen LogP contribution in [-0.4, -0.2) is 90.5 Å². The fourth-order valence-corrected chi connectivity index (χ4v) is 5.84. The summed E-state index contributed by atoms with van der Waals surface area (Å²) < 4.78 is 28.8. The van der Waals surface area contributed by atoms with Crippen LogP contribution >= 0.6 is 0 Å². The quantitative estimate of drug-likeness (QED) is 0.0644. The summed E-state index contributed by atoms with van der Waals surface area (Å²) >= 11 is 0. The Hall–Kier alpha value is 0.869. The Labute approximate surface area is 320 Å². The summed E-state index contributed by atoms with van der Waals surface area (Å²) in [6.07, 6.45) is 27.8. The van der Waals surface area contributed by atoms with Crippen LogP contribution in [0.15, 0.2) is 65.6 Å². The molecule has 4 radical (unpaired) electrons. The van der Waals surface area contributed by atoms with E-state index < -0.39 is 10.1 Å². The summed E-state index contributed by atoms with van der Waals surface area (Å²) in [5.41, 5.74) is 1.50. The van der Waals surface area contributed by atoms with Crippen LogP contribution in [0, 0.1) is 0 Å². The second-order valence-electron chi connectivity index (χ2n) is 11.2. The fourth-order valence-electron chi connectivity index (χ4n) is 4.87. The van der Waals surface area contributed by atoms with Crippen molar-refractivity contribution in [2.24, 2.45) is 0 Å². The molecule has 0 saturated heterocycles. The van der Waals surface area contributed by atoms with Crippen LogP contribution in [-0.2, 0) is 20.7 Å². The van der Waals surface area contributed by atoms with Gasteiger partial charge in [-0.05, 0) is 37.0 Å². The van der Waals surface area contributed by atoms with Gasteiger partial charge in [0.05, 0.1) is 11.5 Å². The third-order valence-electron chi connectivity index (χ3n) is 7.43. The van der Waals surface area contributed by atoms with Gasteiger partial charge in [0.25, 0.3) is 10.1 Å². The number of unbranched alkanes of at least 4 members (excludes halogenated alkanes) is 18. The molecule has 232 valence electrons. The van der Waals surface area contributed by atoms with Gasteiger partial charge in [-0.2, -0.15) is 8.42 Å². The standard InChI is InChI=1S/C18H30O3S.C18H30.2Ca/c1-2-3-4-5-6-7-8-9-10-14-17-21-22(19,20)18-15-12-11-13-16-18;1-2-3-4-5-6-7-8-9-10-12-15-18-16-13-11-14-17-18;;/h11-13,15-16H,2-10,14,17H2,1H3;11,13-14,16-17H,2-10,12,15H2,1H3;;. The molecule has 0 aliphatic heterocycles. The summed E-state index contributed by atoms with van der Waals surface area (Å²) in [5.74, 6) is 0. The first-order chi connectivity index (χ1) is 19.6. The Balaban J connectivity index is 0. The zero-order valence-corrected chi connectivity index (χ0v) is 32.6. The average molecular weight is 653 g/mol. The van der Waals surface area contributed by atoms with Gasteiger partial charge in [-0.25, -0.2) is 0 Å². The number of aryl methyl sites for hydroxylation is 1. The summed E-state index contributed by atoms with van der Waals surface area (Å²) in [5, 5.41) is 0. The molecule has 0 bridgehead atoms. The Morgan fingerprint density at radius 2 is 0.833 bits per heavy atom. The van der Waals surface area contributed by atoms with Crippen molar-refractivity contribution >= 4 is 85.6 Å². The van der Waals surface area contributed by atoms with Crippen LogP contribution in [0.4, 0.5) is 0 Å². The van der Waals surface area contributed by atoms with E-state index in [1.807, 2.05) is 0 Å². The van der Waals surface area contributed by atoms with Gasteiger partial charge in [0.15, 0.2) is 0 Å². The summed E-state index contributed by atoms with van der Waals surface area (Å²) in [6.45, 7) is 4.81. The minimum atomic E-state index is -3.57. The second kappa shape index (κ2) is 33.2. The van der Waals surface area contributed by atoms with Crippen molar-refractivity contribution in [3.63, 3.8) is 0 Å². The third-order valence-corrected chi connectivity index (χ3v) is 8.76. The van der Waals surface area contributed by atoms with Crippen LogP contribution in [0.3, 0.4) is 0 Å². The van der Waals surface area contributed by atoms with Gasteiger partial charge in [0.1, 0.15) is 0 Å². The third kappa shape index (κ3) is 27.2. The molecule has 0 aliphatic carbocycles. The predicted octanol–water partition coefficient (Wildman–Crippen LogP) is 10.7. The molecule has 0 amide bonds. The molecule has 0 spiro atoms.